The van der Waals surface area contributed by atoms with Gasteiger partial charge in [-0.1, -0.05) is 104 Å². The summed E-state index contributed by atoms with van der Waals surface area (Å²) in [6.07, 6.45) is 19.2. The molecule has 0 aliphatic rings. The van der Waals surface area contributed by atoms with Crippen molar-refractivity contribution >= 4 is 10.1 Å². The molecule has 5 heteroatoms. The van der Waals surface area contributed by atoms with E-state index in [9.17, 15) is 18.1 Å². The monoisotopic (exact) mass is 406 g/mol. The van der Waals surface area contributed by atoms with Crippen LogP contribution in [0.4, 0.5) is 0 Å². The standard InChI is InChI=1S/C22H46O4S/c1-3-5-6-14-18-21(23)19-15-12-10-8-7-9-11-13-16-20-22(17-4-2)27(24,25)26/h21-23H,3-20H2,1-2H3,(H,24,25,26). The maximum atomic E-state index is 11.3. The Bertz CT molecular complexity index is 409. The molecule has 0 rings (SSSR count). The van der Waals surface area contributed by atoms with Crippen molar-refractivity contribution in [3.8, 4) is 0 Å². The third-order valence-electron chi connectivity index (χ3n) is 5.49. The first kappa shape index (κ1) is 26.9. The van der Waals surface area contributed by atoms with Crippen LogP contribution in [0.25, 0.3) is 0 Å². The van der Waals surface area contributed by atoms with E-state index >= 15 is 0 Å². The van der Waals surface area contributed by atoms with Crippen molar-refractivity contribution in [2.45, 2.75) is 141 Å². The number of hydrogen-bond acceptors (Lipinski definition) is 3. The van der Waals surface area contributed by atoms with Crippen LogP contribution in [0.3, 0.4) is 0 Å². The van der Waals surface area contributed by atoms with Gasteiger partial charge in [-0.25, -0.2) is 0 Å². The molecular weight excluding hydrogens is 360 g/mol. The molecule has 0 saturated carbocycles. The highest BCUT2D eigenvalue weighted by atomic mass is 32.2. The van der Waals surface area contributed by atoms with Crippen molar-refractivity contribution < 1.29 is 18.1 Å². The molecule has 0 aliphatic heterocycles. The van der Waals surface area contributed by atoms with Gasteiger partial charge in [-0.05, 0) is 25.7 Å². The topological polar surface area (TPSA) is 74.6 Å². The van der Waals surface area contributed by atoms with Gasteiger partial charge in [-0.3, -0.25) is 4.55 Å². The van der Waals surface area contributed by atoms with Crippen molar-refractivity contribution in [3.05, 3.63) is 0 Å². The van der Waals surface area contributed by atoms with Crippen molar-refractivity contribution in [1.29, 1.82) is 0 Å². The molecule has 0 radical (unpaired) electrons. The highest BCUT2D eigenvalue weighted by Gasteiger charge is 2.20. The molecule has 0 heterocycles. The van der Waals surface area contributed by atoms with Crippen LogP contribution >= 0.6 is 0 Å². The number of hydrogen-bond donors (Lipinski definition) is 2. The molecular formula is C22H46O4S. The second-order valence-corrected chi connectivity index (χ2v) is 9.88. The van der Waals surface area contributed by atoms with Crippen LogP contribution in [-0.4, -0.2) is 29.4 Å². The summed E-state index contributed by atoms with van der Waals surface area (Å²) in [6, 6.07) is 0. The van der Waals surface area contributed by atoms with E-state index < -0.39 is 15.4 Å². The zero-order valence-corrected chi connectivity index (χ0v) is 18.8. The highest BCUT2D eigenvalue weighted by molar-refractivity contribution is 7.86. The van der Waals surface area contributed by atoms with Gasteiger partial charge in [0, 0.05) is 0 Å². The zero-order chi connectivity index (χ0) is 20.4. The summed E-state index contributed by atoms with van der Waals surface area (Å²) in [4.78, 5) is 0. The summed E-state index contributed by atoms with van der Waals surface area (Å²) < 4.78 is 31.8. The number of aliphatic hydroxyl groups is 1. The summed E-state index contributed by atoms with van der Waals surface area (Å²) >= 11 is 0. The van der Waals surface area contributed by atoms with Gasteiger partial charge in [-0.2, -0.15) is 8.42 Å². The fourth-order valence-corrected chi connectivity index (χ4v) is 4.70. The van der Waals surface area contributed by atoms with E-state index in [1.54, 1.807) is 0 Å². The molecule has 0 fully saturated rings. The normalized spacial score (nSPS) is 14.4. The number of aliphatic hydroxyl groups excluding tert-OH is 1. The second-order valence-electron chi connectivity index (χ2n) is 8.19. The van der Waals surface area contributed by atoms with Gasteiger partial charge in [0.05, 0.1) is 11.4 Å². The number of rotatable bonds is 20. The minimum absolute atomic E-state index is 0.0962. The Labute approximate surface area is 169 Å². The van der Waals surface area contributed by atoms with Gasteiger partial charge in [0.1, 0.15) is 0 Å². The lowest BCUT2D eigenvalue weighted by atomic mass is 10.0. The molecule has 27 heavy (non-hydrogen) atoms. The first-order valence-electron chi connectivity index (χ1n) is 11.6. The Morgan fingerprint density at radius 2 is 1.00 bits per heavy atom. The summed E-state index contributed by atoms with van der Waals surface area (Å²) in [7, 11) is -3.87. The summed E-state index contributed by atoms with van der Waals surface area (Å²) in [5.41, 5.74) is 0. The quantitative estimate of drug-likeness (QED) is 0.175. The average Bonchev–Trinajstić information content (AvgIpc) is 2.61. The van der Waals surface area contributed by atoms with Crippen molar-refractivity contribution in [1.82, 2.24) is 0 Å². The van der Waals surface area contributed by atoms with Gasteiger partial charge < -0.3 is 5.11 Å². The zero-order valence-electron chi connectivity index (χ0n) is 18.0. The fourth-order valence-electron chi connectivity index (χ4n) is 3.70. The van der Waals surface area contributed by atoms with Gasteiger partial charge in [0.25, 0.3) is 10.1 Å². The van der Waals surface area contributed by atoms with E-state index in [0.717, 1.165) is 44.9 Å². The molecule has 164 valence electrons. The molecule has 2 N–H and O–H groups in total. The van der Waals surface area contributed by atoms with Crippen molar-refractivity contribution in [2.75, 3.05) is 0 Å². The summed E-state index contributed by atoms with van der Waals surface area (Å²) in [5.74, 6) is 0. The van der Waals surface area contributed by atoms with Crippen LogP contribution in [0.5, 0.6) is 0 Å². The Balaban J connectivity index is 3.40. The SMILES string of the molecule is CCCCCCC(O)CCCCCCCCCCCC(CCC)S(=O)(=O)O. The second kappa shape index (κ2) is 17.9. The summed E-state index contributed by atoms with van der Waals surface area (Å²) in [5, 5.41) is 9.38. The highest BCUT2D eigenvalue weighted by Crippen LogP contribution is 2.18. The minimum Gasteiger partial charge on any atom is -0.393 e. The maximum Gasteiger partial charge on any atom is 0.267 e. The summed E-state index contributed by atoms with van der Waals surface area (Å²) in [6.45, 7) is 4.16. The molecule has 2 atom stereocenters. The molecule has 0 aromatic rings. The molecule has 0 aliphatic carbocycles. The van der Waals surface area contributed by atoms with Gasteiger partial charge >= 0.3 is 0 Å². The van der Waals surface area contributed by atoms with Gasteiger partial charge in [-0.15, -0.1) is 0 Å². The molecule has 0 aromatic carbocycles. The van der Waals surface area contributed by atoms with E-state index in [2.05, 4.69) is 6.92 Å². The van der Waals surface area contributed by atoms with Crippen LogP contribution in [0.2, 0.25) is 0 Å². The third kappa shape index (κ3) is 17.7. The Morgan fingerprint density at radius 3 is 1.41 bits per heavy atom. The van der Waals surface area contributed by atoms with Crippen LogP contribution in [0.15, 0.2) is 0 Å². The predicted octanol–water partition coefficient (Wildman–Crippen LogP) is 6.67. The molecule has 0 saturated heterocycles. The largest absolute Gasteiger partial charge is 0.393 e. The molecule has 0 bridgehead atoms. The predicted molar refractivity (Wildman–Crippen MR) is 116 cm³/mol. The van der Waals surface area contributed by atoms with Crippen LogP contribution in [0, 0.1) is 0 Å². The third-order valence-corrected chi connectivity index (χ3v) is 6.80. The van der Waals surface area contributed by atoms with Crippen molar-refractivity contribution in [3.63, 3.8) is 0 Å². The minimum atomic E-state index is -3.87. The smallest absolute Gasteiger partial charge is 0.267 e. The first-order valence-corrected chi connectivity index (χ1v) is 13.1. The fraction of sp³-hybridized carbons (Fsp3) is 1.00. The Morgan fingerprint density at radius 1 is 0.593 bits per heavy atom. The lowest BCUT2D eigenvalue weighted by Crippen LogP contribution is -2.20. The van der Waals surface area contributed by atoms with Gasteiger partial charge in [0.2, 0.25) is 0 Å². The van der Waals surface area contributed by atoms with Crippen LogP contribution in [0.1, 0.15) is 129 Å². The lowest BCUT2D eigenvalue weighted by Gasteiger charge is -2.12. The van der Waals surface area contributed by atoms with Crippen molar-refractivity contribution in [2.24, 2.45) is 0 Å². The Hall–Kier alpha value is -0.130. The average molecular weight is 407 g/mol. The van der Waals surface area contributed by atoms with E-state index in [-0.39, 0.29) is 6.10 Å². The molecule has 2 unspecified atom stereocenters. The van der Waals surface area contributed by atoms with Crippen LogP contribution in [-0.2, 0) is 10.1 Å². The molecule has 0 amide bonds. The maximum absolute atomic E-state index is 11.3. The molecule has 4 nitrogen and oxygen atoms in total. The van der Waals surface area contributed by atoms with Crippen LogP contribution < -0.4 is 0 Å². The lowest BCUT2D eigenvalue weighted by molar-refractivity contribution is 0.147. The first-order chi connectivity index (χ1) is 12.9. The molecule has 0 aromatic heterocycles. The number of unbranched alkanes of at least 4 members (excludes halogenated alkanes) is 11. The van der Waals surface area contributed by atoms with E-state index in [0.29, 0.717) is 12.8 Å². The van der Waals surface area contributed by atoms with E-state index in [4.69, 9.17) is 0 Å². The van der Waals surface area contributed by atoms with E-state index in [1.165, 1.54) is 57.8 Å². The molecule has 0 spiro atoms. The van der Waals surface area contributed by atoms with E-state index in [1.807, 2.05) is 6.92 Å². The Kier molecular flexibility index (Phi) is 17.8. The van der Waals surface area contributed by atoms with Gasteiger partial charge in [0.15, 0.2) is 0 Å².